The fraction of sp³-hybridized carbons (Fsp3) is 0.667. The van der Waals surface area contributed by atoms with Gasteiger partial charge in [0.25, 0.3) is 0 Å². The summed E-state index contributed by atoms with van der Waals surface area (Å²) in [6.07, 6.45) is 6.29. The number of halogens is 1. The number of hydrogen-bond donors (Lipinski definition) is 2. The van der Waals surface area contributed by atoms with Crippen molar-refractivity contribution in [2.24, 2.45) is 5.10 Å². The predicted molar refractivity (Wildman–Crippen MR) is 106 cm³/mol. The molecule has 1 saturated heterocycles. The molecule has 1 aliphatic heterocycles. The minimum atomic E-state index is 0.486. The van der Waals surface area contributed by atoms with Gasteiger partial charge in [-0.2, -0.15) is 5.10 Å². The second-order valence-corrected chi connectivity index (χ2v) is 7.15. The monoisotopic (exact) mass is 389 g/mol. The van der Waals surface area contributed by atoms with Crippen LogP contribution < -0.4 is 15.6 Å². The van der Waals surface area contributed by atoms with E-state index in [4.69, 9.17) is 28.6 Å². The van der Waals surface area contributed by atoms with Gasteiger partial charge in [-0.15, -0.1) is 0 Å². The number of thiazole rings is 1. The summed E-state index contributed by atoms with van der Waals surface area (Å²) < 4.78 is 5.26. The van der Waals surface area contributed by atoms with Crippen LogP contribution in [0.4, 0.5) is 5.13 Å². The molecule has 1 aromatic heterocycles. The standard InChI is InChI=1S/C15H24ClN5OS2/c1-2-22-10-6-7-17-14(23)20-18-11-12-13(16)19-15(24-12)21-8-4-3-5-9-21/h11H,2-10H2,1H3,(H2,17,20,23)/b18-11-. The smallest absolute Gasteiger partial charge is 0.187 e. The van der Waals surface area contributed by atoms with Gasteiger partial charge in [-0.1, -0.05) is 22.9 Å². The molecule has 24 heavy (non-hydrogen) atoms. The van der Waals surface area contributed by atoms with Crippen molar-refractivity contribution in [3.63, 3.8) is 0 Å². The lowest BCUT2D eigenvalue weighted by molar-refractivity contribution is 0.145. The number of nitrogens with one attached hydrogen (secondary N) is 2. The minimum Gasteiger partial charge on any atom is -0.382 e. The molecule has 1 aliphatic rings. The van der Waals surface area contributed by atoms with Crippen LogP contribution in [0.15, 0.2) is 5.10 Å². The van der Waals surface area contributed by atoms with Gasteiger partial charge in [0, 0.05) is 32.8 Å². The van der Waals surface area contributed by atoms with Gasteiger partial charge in [0.1, 0.15) is 0 Å². The molecule has 0 radical (unpaired) electrons. The van der Waals surface area contributed by atoms with Gasteiger partial charge in [-0.25, -0.2) is 4.98 Å². The van der Waals surface area contributed by atoms with Crippen molar-refractivity contribution in [2.75, 3.05) is 37.7 Å². The van der Waals surface area contributed by atoms with Crippen LogP contribution >= 0.6 is 35.2 Å². The average molecular weight is 390 g/mol. The van der Waals surface area contributed by atoms with E-state index < -0.39 is 0 Å². The minimum absolute atomic E-state index is 0.486. The molecular formula is C15H24ClN5OS2. The molecule has 1 fully saturated rings. The van der Waals surface area contributed by atoms with E-state index in [1.165, 1.54) is 19.3 Å². The fourth-order valence-electron chi connectivity index (χ4n) is 2.31. The second-order valence-electron chi connectivity index (χ2n) is 5.38. The van der Waals surface area contributed by atoms with Crippen molar-refractivity contribution in [3.8, 4) is 0 Å². The first-order valence-corrected chi connectivity index (χ1v) is 9.87. The van der Waals surface area contributed by atoms with Crippen LogP contribution in [0.3, 0.4) is 0 Å². The van der Waals surface area contributed by atoms with Gasteiger partial charge in [0.15, 0.2) is 15.4 Å². The van der Waals surface area contributed by atoms with Crippen LogP contribution in [0.1, 0.15) is 37.5 Å². The molecule has 0 aromatic carbocycles. The number of ether oxygens (including phenoxy) is 1. The Hall–Kier alpha value is -0.960. The number of hydrazone groups is 1. The third kappa shape index (κ3) is 6.51. The SMILES string of the molecule is CCOCCCNC(=S)N/N=C\c1sc(N2CCCCC2)nc1Cl. The largest absolute Gasteiger partial charge is 0.382 e. The Kier molecular flexibility index (Phi) is 8.72. The lowest BCUT2D eigenvalue weighted by Gasteiger charge is -2.25. The molecule has 2 rings (SSSR count). The maximum atomic E-state index is 6.20. The Balaban J connectivity index is 1.75. The van der Waals surface area contributed by atoms with Gasteiger partial charge < -0.3 is 15.0 Å². The van der Waals surface area contributed by atoms with Crippen LogP contribution in [0.25, 0.3) is 0 Å². The summed E-state index contributed by atoms with van der Waals surface area (Å²) >= 11 is 12.9. The molecule has 134 valence electrons. The van der Waals surface area contributed by atoms with E-state index in [1.54, 1.807) is 17.6 Å². The van der Waals surface area contributed by atoms with Gasteiger partial charge >= 0.3 is 0 Å². The quantitative estimate of drug-likeness (QED) is 0.308. The Morgan fingerprint density at radius 2 is 2.25 bits per heavy atom. The molecule has 0 unspecified atom stereocenters. The second kappa shape index (κ2) is 10.8. The number of hydrogen-bond acceptors (Lipinski definition) is 6. The molecule has 0 saturated carbocycles. The summed E-state index contributed by atoms with van der Waals surface area (Å²) in [5.41, 5.74) is 2.79. The molecule has 0 amide bonds. The summed E-state index contributed by atoms with van der Waals surface area (Å²) in [6, 6.07) is 0. The van der Waals surface area contributed by atoms with Crippen LogP contribution in [0, 0.1) is 0 Å². The maximum absolute atomic E-state index is 6.20. The van der Waals surface area contributed by atoms with Crippen LogP contribution in [-0.2, 0) is 4.74 Å². The molecule has 0 aliphatic carbocycles. The van der Waals surface area contributed by atoms with Crippen molar-refractivity contribution < 1.29 is 4.74 Å². The lowest BCUT2D eigenvalue weighted by Crippen LogP contribution is -2.33. The highest BCUT2D eigenvalue weighted by Crippen LogP contribution is 2.30. The van der Waals surface area contributed by atoms with Crippen LogP contribution in [-0.4, -0.2) is 49.2 Å². The Morgan fingerprint density at radius 1 is 1.46 bits per heavy atom. The van der Waals surface area contributed by atoms with E-state index in [0.717, 1.165) is 49.3 Å². The average Bonchev–Trinajstić information content (AvgIpc) is 2.96. The zero-order valence-electron chi connectivity index (χ0n) is 13.9. The topological polar surface area (TPSA) is 61.8 Å². The van der Waals surface area contributed by atoms with Crippen molar-refractivity contribution in [3.05, 3.63) is 10.0 Å². The Labute approximate surface area is 157 Å². The molecule has 2 N–H and O–H groups in total. The van der Waals surface area contributed by atoms with Crippen LogP contribution in [0.2, 0.25) is 5.15 Å². The molecular weight excluding hydrogens is 366 g/mol. The van der Waals surface area contributed by atoms with Crippen molar-refractivity contribution in [2.45, 2.75) is 32.6 Å². The first kappa shape index (κ1) is 19.4. The zero-order chi connectivity index (χ0) is 17.2. The Bertz CT molecular complexity index is 546. The Morgan fingerprint density at radius 3 is 3.00 bits per heavy atom. The number of anilines is 1. The van der Waals surface area contributed by atoms with Crippen molar-refractivity contribution >= 4 is 51.6 Å². The summed E-state index contributed by atoms with van der Waals surface area (Å²) in [7, 11) is 0. The van der Waals surface area contributed by atoms with Crippen LogP contribution in [0.5, 0.6) is 0 Å². The lowest BCUT2D eigenvalue weighted by atomic mass is 10.1. The summed E-state index contributed by atoms with van der Waals surface area (Å²) in [5.74, 6) is 0. The first-order valence-electron chi connectivity index (χ1n) is 8.26. The highest BCUT2D eigenvalue weighted by Gasteiger charge is 2.16. The van der Waals surface area contributed by atoms with E-state index in [0.29, 0.717) is 10.3 Å². The third-order valence-corrected chi connectivity index (χ3v) is 5.21. The van der Waals surface area contributed by atoms with Crippen molar-refractivity contribution in [1.82, 2.24) is 15.7 Å². The summed E-state index contributed by atoms with van der Waals surface area (Å²) in [4.78, 5) is 7.56. The number of nitrogens with zero attached hydrogens (tertiary/aromatic N) is 3. The summed E-state index contributed by atoms with van der Waals surface area (Å²) in [5, 5.41) is 9.15. The van der Waals surface area contributed by atoms with Gasteiger partial charge in [-0.05, 0) is 44.8 Å². The van der Waals surface area contributed by atoms with Gasteiger partial charge in [0.2, 0.25) is 0 Å². The third-order valence-electron chi connectivity index (χ3n) is 3.53. The van der Waals surface area contributed by atoms with E-state index in [2.05, 4.69) is 25.7 Å². The van der Waals surface area contributed by atoms with E-state index >= 15 is 0 Å². The van der Waals surface area contributed by atoms with E-state index in [-0.39, 0.29) is 0 Å². The molecule has 0 atom stereocenters. The molecule has 2 heterocycles. The predicted octanol–water partition coefficient (Wildman–Crippen LogP) is 3.01. The number of piperidine rings is 1. The summed E-state index contributed by atoms with van der Waals surface area (Å²) in [6.45, 7) is 6.30. The van der Waals surface area contributed by atoms with Gasteiger partial charge in [-0.3, -0.25) is 5.43 Å². The molecule has 0 spiro atoms. The van der Waals surface area contributed by atoms with Gasteiger partial charge in [0.05, 0.1) is 11.1 Å². The normalized spacial score (nSPS) is 15.0. The zero-order valence-corrected chi connectivity index (χ0v) is 16.3. The fourth-order valence-corrected chi connectivity index (χ4v) is 3.64. The molecule has 0 bridgehead atoms. The number of thiocarbonyl (C=S) groups is 1. The number of aromatic nitrogens is 1. The number of rotatable bonds is 8. The first-order chi connectivity index (χ1) is 11.7. The molecule has 1 aromatic rings. The molecule has 9 heteroatoms. The van der Waals surface area contributed by atoms with E-state index in [1.807, 2.05) is 6.92 Å². The maximum Gasteiger partial charge on any atom is 0.187 e. The van der Waals surface area contributed by atoms with E-state index in [9.17, 15) is 0 Å². The highest BCUT2D eigenvalue weighted by molar-refractivity contribution is 7.80. The molecule has 6 nitrogen and oxygen atoms in total. The highest BCUT2D eigenvalue weighted by atomic mass is 35.5. The van der Waals surface area contributed by atoms with Crippen molar-refractivity contribution in [1.29, 1.82) is 0 Å².